The van der Waals surface area contributed by atoms with Gasteiger partial charge in [0.15, 0.2) is 11.5 Å². The van der Waals surface area contributed by atoms with Crippen LogP contribution < -0.4 is 0 Å². The van der Waals surface area contributed by atoms with Gasteiger partial charge in [0.25, 0.3) is 0 Å². The third-order valence-electron chi connectivity index (χ3n) is 4.05. The molecular formula is C15H21NO3S. The molecule has 1 aromatic rings. The summed E-state index contributed by atoms with van der Waals surface area (Å²) in [5.74, 6) is 0.493. The molecule has 1 heterocycles. The Kier molecular flexibility index (Phi) is 4.91. The van der Waals surface area contributed by atoms with Gasteiger partial charge in [0.05, 0.1) is 12.1 Å². The largest absolute Gasteiger partial charge is 0.464 e. The SMILES string of the molecule is CCC1CCCC(c2nc(C(=O)OC)c(C(C)=O)s2)C1. The number of aromatic nitrogens is 1. The second-order valence-corrected chi connectivity index (χ2v) is 6.45. The van der Waals surface area contributed by atoms with Gasteiger partial charge in [0.2, 0.25) is 0 Å². The van der Waals surface area contributed by atoms with Gasteiger partial charge in [0, 0.05) is 12.8 Å². The van der Waals surface area contributed by atoms with Crippen molar-refractivity contribution in [3.63, 3.8) is 0 Å². The molecule has 4 nitrogen and oxygen atoms in total. The van der Waals surface area contributed by atoms with Gasteiger partial charge in [-0.05, 0) is 18.8 Å². The normalized spacial score (nSPS) is 22.6. The van der Waals surface area contributed by atoms with Gasteiger partial charge in [0.1, 0.15) is 4.88 Å². The van der Waals surface area contributed by atoms with E-state index in [1.807, 2.05) is 0 Å². The van der Waals surface area contributed by atoms with E-state index < -0.39 is 5.97 Å². The van der Waals surface area contributed by atoms with E-state index in [1.54, 1.807) is 0 Å². The zero-order valence-electron chi connectivity index (χ0n) is 12.3. The highest BCUT2D eigenvalue weighted by Crippen LogP contribution is 2.39. The summed E-state index contributed by atoms with van der Waals surface area (Å²) >= 11 is 1.37. The van der Waals surface area contributed by atoms with E-state index in [4.69, 9.17) is 4.74 Å². The molecule has 0 radical (unpaired) electrons. The summed E-state index contributed by atoms with van der Waals surface area (Å²) in [4.78, 5) is 28.2. The minimum Gasteiger partial charge on any atom is -0.464 e. The van der Waals surface area contributed by atoms with Crippen LogP contribution in [0.4, 0.5) is 0 Å². The van der Waals surface area contributed by atoms with Gasteiger partial charge >= 0.3 is 5.97 Å². The quantitative estimate of drug-likeness (QED) is 0.626. The Hall–Kier alpha value is -1.23. The molecule has 1 aromatic heterocycles. The average Bonchev–Trinajstić information content (AvgIpc) is 2.92. The van der Waals surface area contributed by atoms with Crippen LogP contribution in [-0.2, 0) is 4.74 Å². The van der Waals surface area contributed by atoms with Crippen molar-refractivity contribution in [3.8, 4) is 0 Å². The Morgan fingerprint density at radius 2 is 2.15 bits per heavy atom. The van der Waals surface area contributed by atoms with Gasteiger partial charge in [-0.1, -0.05) is 26.2 Å². The van der Waals surface area contributed by atoms with Crippen molar-refractivity contribution >= 4 is 23.1 Å². The number of hydrogen-bond donors (Lipinski definition) is 0. The molecule has 110 valence electrons. The Labute approximate surface area is 123 Å². The molecule has 0 spiro atoms. The van der Waals surface area contributed by atoms with E-state index in [1.165, 1.54) is 44.6 Å². The molecule has 1 saturated carbocycles. The molecule has 0 aliphatic heterocycles. The van der Waals surface area contributed by atoms with Gasteiger partial charge < -0.3 is 4.74 Å². The van der Waals surface area contributed by atoms with Crippen molar-refractivity contribution < 1.29 is 14.3 Å². The first-order valence-corrected chi connectivity index (χ1v) is 7.98. The van der Waals surface area contributed by atoms with Gasteiger partial charge in [-0.2, -0.15) is 0 Å². The van der Waals surface area contributed by atoms with E-state index in [0.717, 1.165) is 23.8 Å². The summed E-state index contributed by atoms with van der Waals surface area (Å²) in [6, 6.07) is 0. The standard InChI is InChI=1S/C15H21NO3S/c1-4-10-6-5-7-11(8-10)14-16-12(15(18)19-3)13(20-14)9(2)17/h10-11H,4-8H2,1-3H3. The topological polar surface area (TPSA) is 56.3 Å². The Morgan fingerprint density at radius 1 is 1.40 bits per heavy atom. The number of carbonyl (C=O) groups excluding carboxylic acids is 2. The van der Waals surface area contributed by atoms with Crippen LogP contribution in [-0.4, -0.2) is 23.8 Å². The lowest BCUT2D eigenvalue weighted by Crippen LogP contribution is -2.14. The summed E-state index contributed by atoms with van der Waals surface area (Å²) in [6.07, 6.45) is 5.88. The monoisotopic (exact) mass is 295 g/mol. The fourth-order valence-corrected chi connectivity index (χ4v) is 3.97. The van der Waals surface area contributed by atoms with Crippen LogP contribution in [0.3, 0.4) is 0 Å². The van der Waals surface area contributed by atoms with Crippen molar-refractivity contribution in [3.05, 3.63) is 15.6 Å². The van der Waals surface area contributed by atoms with E-state index in [2.05, 4.69) is 11.9 Å². The van der Waals surface area contributed by atoms with Crippen LogP contribution in [0.15, 0.2) is 0 Å². The summed E-state index contributed by atoms with van der Waals surface area (Å²) in [6.45, 7) is 3.69. The van der Waals surface area contributed by atoms with Crippen LogP contribution in [0.2, 0.25) is 0 Å². The lowest BCUT2D eigenvalue weighted by Gasteiger charge is -2.26. The highest BCUT2D eigenvalue weighted by molar-refractivity contribution is 7.14. The van der Waals surface area contributed by atoms with E-state index in [-0.39, 0.29) is 11.5 Å². The van der Waals surface area contributed by atoms with Crippen molar-refractivity contribution in [1.82, 2.24) is 4.98 Å². The third-order valence-corrected chi connectivity index (χ3v) is 5.37. The van der Waals surface area contributed by atoms with Crippen LogP contribution >= 0.6 is 11.3 Å². The Balaban J connectivity index is 2.28. The second kappa shape index (κ2) is 6.48. The molecule has 0 amide bonds. The van der Waals surface area contributed by atoms with E-state index in [9.17, 15) is 9.59 Å². The van der Waals surface area contributed by atoms with Gasteiger partial charge in [-0.15, -0.1) is 11.3 Å². The maximum Gasteiger partial charge on any atom is 0.358 e. The molecule has 1 aliphatic rings. The third kappa shape index (κ3) is 3.08. The number of carbonyl (C=O) groups is 2. The molecule has 2 unspecified atom stereocenters. The van der Waals surface area contributed by atoms with Crippen molar-refractivity contribution in [1.29, 1.82) is 0 Å². The highest BCUT2D eigenvalue weighted by atomic mass is 32.1. The first kappa shape index (κ1) is 15.2. The second-order valence-electron chi connectivity index (χ2n) is 5.42. The zero-order valence-corrected chi connectivity index (χ0v) is 13.1. The molecule has 1 aliphatic carbocycles. The molecular weight excluding hydrogens is 274 g/mol. The summed E-state index contributed by atoms with van der Waals surface area (Å²) in [5.41, 5.74) is 0.193. The number of hydrogen-bond acceptors (Lipinski definition) is 5. The predicted octanol–water partition coefficient (Wildman–Crippen LogP) is 3.82. The first-order valence-electron chi connectivity index (χ1n) is 7.16. The summed E-state index contributed by atoms with van der Waals surface area (Å²) in [7, 11) is 1.32. The summed E-state index contributed by atoms with van der Waals surface area (Å²) < 4.78 is 4.72. The van der Waals surface area contributed by atoms with E-state index >= 15 is 0 Å². The highest BCUT2D eigenvalue weighted by Gasteiger charge is 2.28. The maximum absolute atomic E-state index is 11.7. The van der Waals surface area contributed by atoms with E-state index in [0.29, 0.717) is 10.8 Å². The van der Waals surface area contributed by atoms with Crippen LogP contribution in [0, 0.1) is 5.92 Å². The zero-order chi connectivity index (χ0) is 14.7. The predicted molar refractivity (Wildman–Crippen MR) is 78.4 cm³/mol. The number of methoxy groups -OCH3 is 1. The van der Waals surface area contributed by atoms with Crippen LogP contribution in [0.25, 0.3) is 0 Å². The number of Topliss-reactive ketones (excluding diaryl/α,β-unsaturated/α-hetero) is 1. The average molecular weight is 295 g/mol. The number of rotatable bonds is 4. The summed E-state index contributed by atoms with van der Waals surface area (Å²) in [5, 5.41) is 0.925. The fraction of sp³-hybridized carbons (Fsp3) is 0.667. The minimum absolute atomic E-state index is 0.114. The van der Waals surface area contributed by atoms with Gasteiger partial charge in [-0.3, -0.25) is 4.79 Å². The minimum atomic E-state index is -0.513. The number of ether oxygens (including phenoxy) is 1. The fourth-order valence-electron chi connectivity index (χ4n) is 2.87. The number of ketones is 1. The molecule has 0 bridgehead atoms. The molecule has 2 rings (SSSR count). The Bertz CT molecular complexity index is 509. The molecule has 0 saturated heterocycles. The molecule has 2 atom stereocenters. The van der Waals surface area contributed by atoms with Crippen molar-refractivity contribution in [2.24, 2.45) is 5.92 Å². The molecule has 0 aromatic carbocycles. The van der Waals surface area contributed by atoms with Crippen LogP contribution in [0.1, 0.15) is 77.0 Å². The smallest absolute Gasteiger partial charge is 0.358 e. The van der Waals surface area contributed by atoms with Gasteiger partial charge in [-0.25, -0.2) is 9.78 Å². The number of esters is 1. The van der Waals surface area contributed by atoms with Crippen LogP contribution in [0.5, 0.6) is 0 Å². The maximum atomic E-state index is 11.7. The molecule has 5 heteroatoms. The number of thiazole rings is 1. The molecule has 20 heavy (non-hydrogen) atoms. The molecule has 1 fully saturated rings. The lowest BCUT2D eigenvalue weighted by molar-refractivity contribution is 0.0591. The number of nitrogens with zero attached hydrogens (tertiary/aromatic N) is 1. The molecule has 0 N–H and O–H groups in total. The van der Waals surface area contributed by atoms with Crippen molar-refractivity contribution in [2.75, 3.05) is 7.11 Å². The van der Waals surface area contributed by atoms with Crippen molar-refractivity contribution in [2.45, 2.75) is 51.9 Å². The Morgan fingerprint density at radius 3 is 2.75 bits per heavy atom. The first-order chi connectivity index (χ1) is 9.56. The lowest BCUT2D eigenvalue weighted by atomic mass is 9.80.